The molecule has 1 saturated heterocycles. The third-order valence-corrected chi connectivity index (χ3v) is 3.90. The Balaban J connectivity index is 1.91. The summed E-state index contributed by atoms with van der Waals surface area (Å²) in [5, 5.41) is 18.9. The van der Waals surface area contributed by atoms with Gasteiger partial charge < -0.3 is 25.8 Å². The molecule has 0 spiro atoms. The number of carbonyl (C=O) groups excluding carboxylic acids is 1. The smallest absolute Gasteiger partial charge is 0.242 e. The van der Waals surface area contributed by atoms with E-state index in [1.807, 2.05) is 30.3 Å². The third-order valence-electron chi connectivity index (χ3n) is 3.68. The van der Waals surface area contributed by atoms with E-state index >= 15 is 0 Å². The summed E-state index contributed by atoms with van der Waals surface area (Å²) in [6.45, 7) is 4.43. The highest BCUT2D eigenvalue weighted by molar-refractivity contribution is 7.80. The molecule has 0 aliphatic carbocycles. The van der Waals surface area contributed by atoms with Crippen molar-refractivity contribution in [2.45, 2.75) is 45.1 Å². The molecular formula is C17H25N3O3S. The van der Waals surface area contributed by atoms with Crippen molar-refractivity contribution in [3.63, 3.8) is 0 Å². The maximum Gasteiger partial charge on any atom is 0.242 e. The number of amides is 1. The molecule has 1 heterocycles. The lowest BCUT2D eigenvalue weighted by Gasteiger charge is -2.23. The van der Waals surface area contributed by atoms with Crippen LogP contribution >= 0.6 is 12.2 Å². The molecule has 1 fully saturated rings. The molecule has 1 aromatic rings. The number of aliphatic hydroxyl groups is 1. The van der Waals surface area contributed by atoms with Gasteiger partial charge in [0, 0.05) is 12.1 Å². The summed E-state index contributed by atoms with van der Waals surface area (Å²) in [5.74, 6) is 0.196. The average Bonchev–Trinajstić information content (AvgIpc) is 2.92. The molecule has 6 nitrogen and oxygen atoms in total. The average molecular weight is 351 g/mol. The molecule has 0 unspecified atom stereocenters. The van der Waals surface area contributed by atoms with Gasteiger partial charge in [0.25, 0.3) is 0 Å². The summed E-state index contributed by atoms with van der Waals surface area (Å²) in [7, 11) is 0. The Morgan fingerprint density at radius 1 is 1.38 bits per heavy atom. The van der Waals surface area contributed by atoms with Gasteiger partial charge in [-0.05, 0) is 36.7 Å². The minimum absolute atomic E-state index is 0.136. The second-order valence-corrected chi connectivity index (χ2v) is 6.78. The Bertz CT molecular complexity index is 553. The number of benzene rings is 1. The summed E-state index contributed by atoms with van der Waals surface area (Å²) in [6.07, 6.45) is 0.262. The Kier molecular flexibility index (Phi) is 6.96. The van der Waals surface area contributed by atoms with Crippen molar-refractivity contribution in [1.82, 2.24) is 10.6 Å². The molecule has 3 atom stereocenters. The van der Waals surface area contributed by atoms with Gasteiger partial charge in [0.05, 0.1) is 12.6 Å². The fraction of sp³-hybridized carbons (Fsp3) is 0.529. The van der Waals surface area contributed by atoms with Gasteiger partial charge in [-0.2, -0.15) is 0 Å². The number of para-hydroxylation sites is 1. The minimum atomic E-state index is -0.798. The van der Waals surface area contributed by atoms with Crippen LogP contribution in [0.5, 0.6) is 0 Å². The van der Waals surface area contributed by atoms with E-state index in [4.69, 9.17) is 17.0 Å². The SMILES string of the molecule is CC(C)C[C@H](NC(=S)Nc1ccccc1)C(=O)N[C@@H]1CO[C@H](O)C1. The van der Waals surface area contributed by atoms with E-state index in [2.05, 4.69) is 29.8 Å². The van der Waals surface area contributed by atoms with Crippen LogP contribution in [0.1, 0.15) is 26.7 Å². The first kappa shape index (κ1) is 18.6. The molecule has 132 valence electrons. The summed E-state index contributed by atoms with van der Waals surface area (Å²) < 4.78 is 5.07. The van der Waals surface area contributed by atoms with Crippen molar-refractivity contribution in [2.24, 2.45) is 5.92 Å². The van der Waals surface area contributed by atoms with Crippen LogP contribution in [0.2, 0.25) is 0 Å². The molecule has 0 aromatic heterocycles. The number of rotatable bonds is 6. The fourth-order valence-corrected chi connectivity index (χ4v) is 2.82. The van der Waals surface area contributed by atoms with Crippen LogP contribution in [0.25, 0.3) is 0 Å². The molecule has 24 heavy (non-hydrogen) atoms. The predicted molar refractivity (Wildman–Crippen MR) is 97.5 cm³/mol. The number of aliphatic hydroxyl groups excluding tert-OH is 1. The first-order valence-electron chi connectivity index (χ1n) is 8.16. The van der Waals surface area contributed by atoms with E-state index in [9.17, 15) is 9.90 Å². The molecule has 1 aromatic carbocycles. The van der Waals surface area contributed by atoms with Crippen LogP contribution in [0.15, 0.2) is 30.3 Å². The lowest BCUT2D eigenvalue weighted by Crippen LogP contribution is -2.51. The number of anilines is 1. The lowest BCUT2D eigenvalue weighted by atomic mass is 10.0. The highest BCUT2D eigenvalue weighted by Gasteiger charge is 2.28. The molecule has 2 rings (SSSR count). The Labute approximate surface area is 148 Å². The van der Waals surface area contributed by atoms with Crippen molar-refractivity contribution >= 4 is 28.9 Å². The maximum atomic E-state index is 12.5. The quantitative estimate of drug-likeness (QED) is 0.583. The van der Waals surface area contributed by atoms with Gasteiger partial charge in [0.2, 0.25) is 5.91 Å². The fourth-order valence-electron chi connectivity index (χ4n) is 2.56. The van der Waals surface area contributed by atoms with E-state index in [1.54, 1.807) is 0 Å². The molecule has 1 amide bonds. The zero-order valence-electron chi connectivity index (χ0n) is 14.0. The number of hydrogen-bond donors (Lipinski definition) is 4. The topological polar surface area (TPSA) is 82.6 Å². The zero-order chi connectivity index (χ0) is 17.5. The van der Waals surface area contributed by atoms with Gasteiger partial charge in [-0.25, -0.2) is 0 Å². The van der Waals surface area contributed by atoms with Crippen LogP contribution in [0.3, 0.4) is 0 Å². The molecule has 0 bridgehead atoms. The van der Waals surface area contributed by atoms with Gasteiger partial charge in [0.15, 0.2) is 11.4 Å². The highest BCUT2D eigenvalue weighted by Crippen LogP contribution is 2.12. The Morgan fingerprint density at radius 3 is 2.67 bits per heavy atom. The molecule has 7 heteroatoms. The van der Waals surface area contributed by atoms with Gasteiger partial charge in [-0.1, -0.05) is 32.0 Å². The number of carbonyl (C=O) groups is 1. The molecule has 4 N–H and O–H groups in total. The first-order valence-corrected chi connectivity index (χ1v) is 8.57. The number of ether oxygens (including phenoxy) is 1. The van der Waals surface area contributed by atoms with Gasteiger partial charge in [0.1, 0.15) is 6.04 Å². The van der Waals surface area contributed by atoms with Crippen LogP contribution < -0.4 is 16.0 Å². The van der Waals surface area contributed by atoms with Crippen molar-refractivity contribution in [3.8, 4) is 0 Å². The number of thiocarbonyl (C=S) groups is 1. The first-order chi connectivity index (χ1) is 11.4. The van der Waals surface area contributed by atoms with Gasteiger partial charge in [-0.15, -0.1) is 0 Å². The highest BCUT2D eigenvalue weighted by atomic mass is 32.1. The van der Waals surface area contributed by atoms with Crippen LogP contribution in [0.4, 0.5) is 5.69 Å². The van der Waals surface area contributed by atoms with Crippen molar-refractivity contribution in [2.75, 3.05) is 11.9 Å². The second kappa shape index (κ2) is 8.96. The van der Waals surface area contributed by atoms with Crippen LogP contribution in [-0.2, 0) is 9.53 Å². The van der Waals surface area contributed by atoms with E-state index < -0.39 is 12.3 Å². The summed E-state index contributed by atoms with van der Waals surface area (Å²) in [5.41, 5.74) is 0.867. The lowest BCUT2D eigenvalue weighted by molar-refractivity contribution is -0.123. The normalized spacial score (nSPS) is 21.3. The molecule has 0 saturated carbocycles. The molecular weight excluding hydrogens is 326 g/mol. The Morgan fingerprint density at radius 2 is 2.08 bits per heavy atom. The monoisotopic (exact) mass is 351 g/mol. The summed E-state index contributed by atoms with van der Waals surface area (Å²) in [4.78, 5) is 12.5. The van der Waals surface area contributed by atoms with E-state index in [1.165, 1.54) is 0 Å². The predicted octanol–water partition coefficient (Wildman–Crippen LogP) is 1.61. The summed E-state index contributed by atoms with van der Waals surface area (Å²) >= 11 is 5.32. The number of nitrogens with one attached hydrogen (secondary N) is 3. The Hall–Kier alpha value is -1.70. The van der Waals surface area contributed by atoms with Crippen LogP contribution in [0, 0.1) is 5.92 Å². The van der Waals surface area contributed by atoms with Gasteiger partial charge >= 0.3 is 0 Å². The standard InChI is InChI=1S/C17H25N3O3S/c1-11(2)8-14(16(22)18-13-9-15(21)23-10-13)20-17(24)19-12-6-4-3-5-7-12/h3-7,11,13-15,21H,8-10H2,1-2H3,(H,18,22)(H2,19,20,24)/t13-,14-,15-/m0/s1. The zero-order valence-corrected chi connectivity index (χ0v) is 14.8. The van der Waals surface area contributed by atoms with E-state index in [0.29, 0.717) is 30.5 Å². The van der Waals surface area contributed by atoms with Crippen molar-refractivity contribution < 1.29 is 14.6 Å². The molecule has 1 aliphatic rings. The largest absolute Gasteiger partial charge is 0.368 e. The molecule has 1 aliphatic heterocycles. The number of hydrogen-bond acceptors (Lipinski definition) is 4. The second-order valence-electron chi connectivity index (χ2n) is 6.38. The molecule has 0 radical (unpaired) electrons. The third kappa shape index (κ3) is 6.07. The van der Waals surface area contributed by atoms with Crippen LogP contribution in [-0.4, -0.2) is 41.1 Å². The van der Waals surface area contributed by atoms with E-state index in [-0.39, 0.29) is 11.9 Å². The van der Waals surface area contributed by atoms with Crippen molar-refractivity contribution in [3.05, 3.63) is 30.3 Å². The summed E-state index contributed by atoms with van der Waals surface area (Å²) in [6, 6.07) is 8.95. The van der Waals surface area contributed by atoms with Gasteiger partial charge in [-0.3, -0.25) is 4.79 Å². The maximum absolute atomic E-state index is 12.5. The van der Waals surface area contributed by atoms with E-state index in [0.717, 1.165) is 5.69 Å². The van der Waals surface area contributed by atoms with Crippen molar-refractivity contribution in [1.29, 1.82) is 0 Å². The minimum Gasteiger partial charge on any atom is -0.368 e.